The fourth-order valence-electron chi connectivity index (χ4n) is 2.65. The van der Waals surface area contributed by atoms with Crippen LogP contribution in [0.25, 0.3) is 0 Å². The predicted octanol–water partition coefficient (Wildman–Crippen LogP) is 1.36. The Balaban J connectivity index is 0.00000220. The minimum Gasteiger partial charge on any atom is -0.366 e. The summed E-state index contributed by atoms with van der Waals surface area (Å²) >= 11 is 0. The molecule has 1 aliphatic heterocycles. The highest BCUT2D eigenvalue weighted by atomic mass is 35.5. The van der Waals surface area contributed by atoms with Gasteiger partial charge in [-0.05, 0) is 43.5 Å². The normalized spacial score (nSPS) is 20.6. The lowest BCUT2D eigenvalue weighted by atomic mass is 9.93. The standard InChI is InChI=1S/C15H21N3O2.ClH/c1-2-15(7-4-8-18-15)14(20)17-10-11-5-3-6-12(9-11)13(16)19;/h3,5-6,9,18H,2,4,7-8,10H2,1H3,(H2,16,19)(H,17,20);1H. The number of nitrogens with two attached hydrogens (primary N) is 1. The van der Waals surface area contributed by atoms with E-state index >= 15 is 0 Å². The second kappa shape index (κ2) is 7.43. The van der Waals surface area contributed by atoms with E-state index in [4.69, 9.17) is 5.73 Å². The molecule has 21 heavy (non-hydrogen) atoms. The van der Waals surface area contributed by atoms with Crippen LogP contribution in [0, 0.1) is 0 Å². The third kappa shape index (κ3) is 3.95. The lowest BCUT2D eigenvalue weighted by Crippen LogP contribution is -2.52. The van der Waals surface area contributed by atoms with Crippen molar-refractivity contribution in [2.45, 2.75) is 38.3 Å². The zero-order valence-corrected chi connectivity index (χ0v) is 13.0. The largest absolute Gasteiger partial charge is 0.366 e. The van der Waals surface area contributed by atoms with Gasteiger partial charge < -0.3 is 16.4 Å². The van der Waals surface area contributed by atoms with E-state index < -0.39 is 11.4 Å². The van der Waals surface area contributed by atoms with Crippen LogP contribution in [0.15, 0.2) is 24.3 Å². The van der Waals surface area contributed by atoms with Crippen molar-refractivity contribution in [3.05, 3.63) is 35.4 Å². The first-order valence-corrected chi connectivity index (χ1v) is 6.99. The molecule has 1 unspecified atom stereocenters. The Labute approximate surface area is 131 Å². The topological polar surface area (TPSA) is 84.2 Å². The molecular weight excluding hydrogens is 290 g/mol. The number of hydrogen-bond donors (Lipinski definition) is 3. The van der Waals surface area contributed by atoms with Crippen LogP contribution in [0.1, 0.15) is 42.1 Å². The van der Waals surface area contributed by atoms with Crippen LogP contribution in [-0.4, -0.2) is 23.9 Å². The summed E-state index contributed by atoms with van der Waals surface area (Å²) in [5.41, 5.74) is 6.15. The van der Waals surface area contributed by atoms with Crippen molar-refractivity contribution < 1.29 is 9.59 Å². The van der Waals surface area contributed by atoms with Gasteiger partial charge in [0.2, 0.25) is 11.8 Å². The quantitative estimate of drug-likeness (QED) is 0.767. The molecule has 0 saturated carbocycles. The van der Waals surface area contributed by atoms with Gasteiger partial charge in [0.1, 0.15) is 0 Å². The molecule has 1 heterocycles. The van der Waals surface area contributed by atoms with Crippen molar-refractivity contribution >= 4 is 24.2 Å². The molecule has 6 heteroatoms. The lowest BCUT2D eigenvalue weighted by Gasteiger charge is -2.26. The van der Waals surface area contributed by atoms with Crippen molar-refractivity contribution in [3.63, 3.8) is 0 Å². The maximum absolute atomic E-state index is 12.3. The van der Waals surface area contributed by atoms with E-state index in [9.17, 15) is 9.59 Å². The number of benzene rings is 1. The van der Waals surface area contributed by atoms with Crippen LogP contribution in [-0.2, 0) is 11.3 Å². The molecule has 1 fully saturated rings. The van der Waals surface area contributed by atoms with E-state index in [1.807, 2.05) is 13.0 Å². The molecule has 0 aliphatic carbocycles. The molecule has 116 valence electrons. The SMILES string of the molecule is CCC1(C(=O)NCc2cccc(C(N)=O)c2)CCCN1.Cl. The molecule has 1 aromatic carbocycles. The molecule has 0 aromatic heterocycles. The summed E-state index contributed by atoms with van der Waals surface area (Å²) in [5.74, 6) is -0.428. The van der Waals surface area contributed by atoms with Crippen LogP contribution in [0.4, 0.5) is 0 Å². The van der Waals surface area contributed by atoms with Crippen LogP contribution in [0.5, 0.6) is 0 Å². The van der Waals surface area contributed by atoms with Gasteiger partial charge in [0.05, 0.1) is 5.54 Å². The van der Waals surface area contributed by atoms with Gasteiger partial charge in [-0.25, -0.2) is 0 Å². The van der Waals surface area contributed by atoms with E-state index in [2.05, 4.69) is 10.6 Å². The smallest absolute Gasteiger partial charge is 0.248 e. The Kier molecular flexibility index (Phi) is 6.18. The summed E-state index contributed by atoms with van der Waals surface area (Å²) in [6, 6.07) is 7.02. The van der Waals surface area contributed by atoms with Crippen molar-refractivity contribution in [2.75, 3.05) is 6.54 Å². The number of carbonyl (C=O) groups is 2. The molecule has 0 bridgehead atoms. The Hall–Kier alpha value is -1.59. The Bertz CT molecular complexity index is 513. The zero-order valence-electron chi connectivity index (χ0n) is 12.1. The number of primary amides is 1. The Morgan fingerprint density at radius 1 is 1.43 bits per heavy atom. The van der Waals surface area contributed by atoms with E-state index in [1.165, 1.54) is 0 Å². The van der Waals surface area contributed by atoms with Crippen molar-refractivity contribution in [3.8, 4) is 0 Å². The van der Waals surface area contributed by atoms with Crippen molar-refractivity contribution in [2.24, 2.45) is 5.73 Å². The van der Waals surface area contributed by atoms with Gasteiger partial charge in [-0.1, -0.05) is 19.1 Å². The molecular formula is C15H22ClN3O2. The number of halogens is 1. The van der Waals surface area contributed by atoms with Gasteiger partial charge in [-0.3, -0.25) is 9.59 Å². The monoisotopic (exact) mass is 311 g/mol. The highest BCUT2D eigenvalue weighted by molar-refractivity contribution is 5.93. The first kappa shape index (κ1) is 17.5. The van der Waals surface area contributed by atoms with E-state index in [-0.39, 0.29) is 18.3 Å². The zero-order chi connectivity index (χ0) is 14.6. The third-order valence-electron chi connectivity index (χ3n) is 3.95. The minimum absolute atomic E-state index is 0. The molecule has 1 aromatic rings. The molecule has 0 spiro atoms. The first-order chi connectivity index (χ1) is 9.57. The fraction of sp³-hybridized carbons (Fsp3) is 0.467. The number of hydrogen-bond acceptors (Lipinski definition) is 3. The number of carbonyl (C=O) groups excluding carboxylic acids is 2. The van der Waals surface area contributed by atoms with Gasteiger partial charge in [0, 0.05) is 12.1 Å². The summed E-state index contributed by atoms with van der Waals surface area (Å²) < 4.78 is 0. The van der Waals surface area contributed by atoms with Crippen LogP contribution in [0.2, 0.25) is 0 Å². The van der Waals surface area contributed by atoms with E-state index in [0.29, 0.717) is 12.1 Å². The third-order valence-corrected chi connectivity index (χ3v) is 3.95. The summed E-state index contributed by atoms with van der Waals surface area (Å²) in [6.45, 7) is 3.31. The lowest BCUT2D eigenvalue weighted by molar-refractivity contribution is -0.127. The molecule has 1 saturated heterocycles. The molecule has 2 rings (SSSR count). The van der Waals surface area contributed by atoms with Gasteiger partial charge in [0.15, 0.2) is 0 Å². The number of rotatable bonds is 5. The number of amides is 2. The summed E-state index contributed by atoms with van der Waals surface area (Å²) in [7, 11) is 0. The van der Waals surface area contributed by atoms with E-state index in [0.717, 1.165) is 31.4 Å². The van der Waals surface area contributed by atoms with Crippen LogP contribution < -0.4 is 16.4 Å². The molecule has 1 aliphatic rings. The van der Waals surface area contributed by atoms with Gasteiger partial charge in [-0.2, -0.15) is 0 Å². The molecule has 0 radical (unpaired) electrons. The minimum atomic E-state index is -0.458. The Morgan fingerprint density at radius 2 is 2.19 bits per heavy atom. The summed E-state index contributed by atoms with van der Waals surface area (Å²) in [5, 5.41) is 6.24. The fourth-order valence-corrected chi connectivity index (χ4v) is 2.65. The average Bonchev–Trinajstić information content (AvgIpc) is 2.95. The highest BCUT2D eigenvalue weighted by Crippen LogP contribution is 2.23. The van der Waals surface area contributed by atoms with Crippen LogP contribution >= 0.6 is 12.4 Å². The molecule has 1 atom stereocenters. The molecule has 2 amide bonds. The van der Waals surface area contributed by atoms with Gasteiger partial charge in [0.25, 0.3) is 0 Å². The van der Waals surface area contributed by atoms with Gasteiger partial charge in [-0.15, -0.1) is 12.4 Å². The first-order valence-electron chi connectivity index (χ1n) is 6.99. The second-order valence-electron chi connectivity index (χ2n) is 5.21. The summed E-state index contributed by atoms with van der Waals surface area (Å²) in [4.78, 5) is 23.4. The number of nitrogens with one attached hydrogen (secondary N) is 2. The summed E-state index contributed by atoms with van der Waals surface area (Å²) in [6.07, 6.45) is 2.68. The highest BCUT2D eigenvalue weighted by Gasteiger charge is 2.38. The van der Waals surface area contributed by atoms with Crippen molar-refractivity contribution in [1.82, 2.24) is 10.6 Å². The second-order valence-corrected chi connectivity index (χ2v) is 5.21. The Morgan fingerprint density at radius 3 is 2.76 bits per heavy atom. The maximum atomic E-state index is 12.3. The average molecular weight is 312 g/mol. The molecule has 4 N–H and O–H groups in total. The predicted molar refractivity (Wildman–Crippen MR) is 84.3 cm³/mol. The van der Waals surface area contributed by atoms with Crippen LogP contribution in [0.3, 0.4) is 0 Å². The van der Waals surface area contributed by atoms with Gasteiger partial charge >= 0.3 is 0 Å². The maximum Gasteiger partial charge on any atom is 0.248 e. The van der Waals surface area contributed by atoms with E-state index in [1.54, 1.807) is 18.2 Å². The van der Waals surface area contributed by atoms with Crippen molar-refractivity contribution in [1.29, 1.82) is 0 Å². The molecule has 5 nitrogen and oxygen atoms in total.